The van der Waals surface area contributed by atoms with Crippen LogP contribution < -0.4 is 5.32 Å². The average Bonchev–Trinajstić information content (AvgIpc) is 2.76. The van der Waals surface area contributed by atoms with Crippen LogP contribution in [0.25, 0.3) is 0 Å². The van der Waals surface area contributed by atoms with Gasteiger partial charge in [-0.05, 0) is 17.7 Å². The van der Waals surface area contributed by atoms with Gasteiger partial charge in [-0.25, -0.2) is 0 Å². The normalized spacial score (nSPS) is 28.3. The van der Waals surface area contributed by atoms with Crippen molar-refractivity contribution in [3.8, 4) is 0 Å². The zero-order chi connectivity index (χ0) is 11.9. The number of carbonyl (C=O) groups is 1. The van der Waals surface area contributed by atoms with E-state index in [4.69, 9.17) is 4.74 Å². The number of hydrogen-bond donors (Lipinski definition) is 1. The lowest BCUT2D eigenvalue weighted by Gasteiger charge is -2.41. The standard InChI is InChI=1S/C12H13BrN2O2/c13-10-3-1-9(2-4-10)12-8-17-7-11(16)15(12)6-5-14-12/h1-4,14H,5-8H2. The first-order valence-electron chi connectivity index (χ1n) is 5.62. The van der Waals surface area contributed by atoms with Crippen LogP contribution in [0, 0.1) is 0 Å². The molecule has 4 nitrogen and oxygen atoms in total. The van der Waals surface area contributed by atoms with E-state index in [0.717, 1.165) is 23.1 Å². The van der Waals surface area contributed by atoms with E-state index in [9.17, 15) is 4.79 Å². The first-order chi connectivity index (χ1) is 8.22. The Morgan fingerprint density at radius 3 is 2.88 bits per heavy atom. The smallest absolute Gasteiger partial charge is 0.250 e. The summed E-state index contributed by atoms with van der Waals surface area (Å²) in [6.45, 7) is 2.27. The van der Waals surface area contributed by atoms with Crippen molar-refractivity contribution < 1.29 is 9.53 Å². The van der Waals surface area contributed by atoms with Crippen molar-refractivity contribution in [2.45, 2.75) is 5.66 Å². The summed E-state index contributed by atoms with van der Waals surface area (Å²) in [4.78, 5) is 13.8. The molecule has 3 rings (SSSR count). The molecule has 1 amide bonds. The van der Waals surface area contributed by atoms with Gasteiger partial charge < -0.3 is 9.64 Å². The number of carbonyl (C=O) groups excluding carboxylic acids is 1. The van der Waals surface area contributed by atoms with E-state index < -0.39 is 5.66 Å². The van der Waals surface area contributed by atoms with Gasteiger partial charge in [0.1, 0.15) is 12.3 Å². The molecule has 0 saturated carbocycles. The fraction of sp³-hybridized carbons (Fsp3) is 0.417. The Balaban J connectivity index is 2.03. The monoisotopic (exact) mass is 296 g/mol. The molecule has 2 aliphatic rings. The predicted octanol–water partition coefficient (Wildman–Crippen LogP) is 1.06. The summed E-state index contributed by atoms with van der Waals surface area (Å²) in [5.41, 5.74) is 0.613. The molecule has 0 aromatic heterocycles. The van der Waals surface area contributed by atoms with Gasteiger partial charge >= 0.3 is 0 Å². The largest absolute Gasteiger partial charge is 0.367 e. The van der Waals surface area contributed by atoms with E-state index in [1.54, 1.807) is 0 Å². The number of rotatable bonds is 1. The second-order valence-corrected chi connectivity index (χ2v) is 5.25. The number of morpholine rings is 1. The van der Waals surface area contributed by atoms with Gasteiger partial charge in [0.15, 0.2) is 0 Å². The van der Waals surface area contributed by atoms with Gasteiger partial charge in [0, 0.05) is 17.6 Å². The average molecular weight is 297 g/mol. The van der Waals surface area contributed by atoms with Crippen molar-refractivity contribution in [2.24, 2.45) is 0 Å². The van der Waals surface area contributed by atoms with Crippen molar-refractivity contribution in [2.75, 3.05) is 26.3 Å². The molecule has 1 unspecified atom stereocenters. The number of halogens is 1. The van der Waals surface area contributed by atoms with E-state index in [0.29, 0.717) is 6.61 Å². The molecule has 0 aliphatic carbocycles. The zero-order valence-electron chi connectivity index (χ0n) is 9.28. The predicted molar refractivity (Wildman–Crippen MR) is 66.4 cm³/mol. The molecule has 0 spiro atoms. The van der Waals surface area contributed by atoms with Crippen LogP contribution in [0.3, 0.4) is 0 Å². The molecular formula is C12H13BrN2O2. The Kier molecular flexibility index (Phi) is 2.69. The molecule has 0 radical (unpaired) electrons. The number of fused-ring (bicyclic) bond motifs is 1. The minimum absolute atomic E-state index is 0.0594. The fourth-order valence-electron chi connectivity index (χ4n) is 2.56. The quantitative estimate of drug-likeness (QED) is 0.843. The first kappa shape index (κ1) is 11.2. The third-order valence-corrected chi connectivity index (χ3v) is 3.90. The van der Waals surface area contributed by atoms with Gasteiger partial charge in [-0.15, -0.1) is 0 Å². The molecule has 5 heteroatoms. The van der Waals surface area contributed by atoms with Crippen LogP contribution in [-0.2, 0) is 15.2 Å². The number of ether oxygens (including phenoxy) is 1. The van der Waals surface area contributed by atoms with Crippen LogP contribution in [0.2, 0.25) is 0 Å². The van der Waals surface area contributed by atoms with Gasteiger partial charge in [0.05, 0.1) is 6.61 Å². The zero-order valence-corrected chi connectivity index (χ0v) is 10.9. The summed E-state index contributed by atoms with van der Waals surface area (Å²) in [5.74, 6) is 0.0594. The summed E-state index contributed by atoms with van der Waals surface area (Å²) in [7, 11) is 0. The molecule has 0 bridgehead atoms. The summed E-state index contributed by atoms with van der Waals surface area (Å²) in [5, 5.41) is 3.40. The van der Waals surface area contributed by atoms with Crippen LogP contribution in [-0.4, -0.2) is 37.1 Å². The van der Waals surface area contributed by atoms with E-state index in [1.165, 1.54) is 0 Å². The van der Waals surface area contributed by atoms with Crippen molar-refractivity contribution in [3.63, 3.8) is 0 Å². The number of amides is 1. The maximum absolute atomic E-state index is 11.9. The highest BCUT2D eigenvalue weighted by Crippen LogP contribution is 2.33. The topological polar surface area (TPSA) is 41.6 Å². The molecule has 2 fully saturated rings. The number of nitrogens with zero attached hydrogens (tertiary/aromatic N) is 1. The molecular weight excluding hydrogens is 284 g/mol. The molecule has 1 aromatic carbocycles. The molecule has 1 atom stereocenters. The van der Waals surface area contributed by atoms with Crippen molar-refractivity contribution in [3.05, 3.63) is 34.3 Å². The van der Waals surface area contributed by atoms with Crippen LogP contribution in [0.15, 0.2) is 28.7 Å². The highest BCUT2D eigenvalue weighted by Gasteiger charge is 2.47. The van der Waals surface area contributed by atoms with Gasteiger partial charge in [-0.3, -0.25) is 10.1 Å². The number of hydrogen-bond acceptors (Lipinski definition) is 3. The molecule has 1 aromatic rings. The van der Waals surface area contributed by atoms with Gasteiger partial charge in [0.25, 0.3) is 0 Å². The Bertz CT molecular complexity index is 448. The van der Waals surface area contributed by atoms with Crippen LogP contribution in [0.1, 0.15) is 5.56 Å². The third kappa shape index (κ3) is 1.69. The second-order valence-electron chi connectivity index (χ2n) is 4.33. The summed E-state index contributed by atoms with van der Waals surface area (Å²) < 4.78 is 6.45. The minimum Gasteiger partial charge on any atom is -0.367 e. The molecule has 2 saturated heterocycles. The first-order valence-corrected chi connectivity index (χ1v) is 6.41. The summed E-state index contributed by atoms with van der Waals surface area (Å²) in [6.07, 6.45) is 0. The van der Waals surface area contributed by atoms with Gasteiger partial charge in [0.2, 0.25) is 5.91 Å². The van der Waals surface area contributed by atoms with Crippen LogP contribution >= 0.6 is 15.9 Å². The lowest BCUT2D eigenvalue weighted by molar-refractivity contribution is -0.156. The van der Waals surface area contributed by atoms with Crippen molar-refractivity contribution in [1.82, 2.24) is 10.2 Å². The molecule has 90 valence electrons. The summed E-state index contributed by atoms with van der Waals surface area (Å²) >= 11 is 3.42. The molecule has 17 heavy (non-hydrogen) atoms. The SMILES string of the molecule is O=C1COCC2(c3ccc(Br)cc3)NCCN12. The molecule has 2 heterocycles. The number of nitrogens with one attached hydrogen (secondary N) is 1. The Morgan fingerprint density at radius 2 is 2.12 bits per heavy atom. The maximum Gasteiger partial charge on any atom is 0.250 e. The van der Waals surface area contributed by atoms with Crippen molar-refractivity contribution in [1.29, 1.82) is 0 Å². The maximum atomic E-state index is 11.9. The van der Waals surface area contributed by atoms with Gasteiger partial charge in [-0.2, -0.15) is 0 Å². The Morgan fingerprint density at radius 1 is 1.35 bits per heavy atom. The van der Waals surface area contributed by atoms with E-state index >= 15 is 0 Å². The number of benzene rings is 1. The van der Waals surface area contributed by atoms with E-state index in [1.807, 2.05) is 29.2 Å². The van der Waals surface area contributed by atoms with E-state index in [2.05, 4.69) is 21.2 Å². The molecule has 2 aliphatic heterocycles. The lowest BCUT2D eigenvalue weighted by atomic mass is 9.98. The highest BCUT2D eigenvalue weighted by atomic mass is 79.9. The molecule has 1 N–H and O–H groups in total. The summed E-state index contributed by atoms with van der Waals surface area (Å²) in [6, 6.07) is 8.03. The van der Waals surface area contributed by atoms with Gasteiger partial charge in [-0.1, -0.05) is 28.1 Å². The third-order valence-electron chi connectivity index (χ3n) is 3.37. The van der Waals surface area contributed by atoms with E-state index in [-0.39, 0.29) is 12.5 Å². The van der Waals surface area contributed by atoms with Crippen LogP contribution in [0.5, 0.6) is 0 Å². The lowest BCUT2D eigenvalue weighted by Crippen LogP contribution is -2.58. The fourth-order valence-corrected chi connectivity index (χ4v) is 2.82. The second kappa shape index (κ2) is 4.08. The Labute approximate surface area is 108 Å². The van der Waals surface area contributed by atoms with Crippen molar-refractivity contribution >= 4 is 21.8 Å². The van der Waals surface area contributed by atoms with Crippen LogP contribution in [0.4, 0.5) is 0 Å². The highest BCUT2D eigenvalue weighted by molar-refractivity contribution is 9.10. The Hall–Kier alpha value is -0.910. The minimum atomic E-state index is -0.462.